The number of amides is 1. The number of ether oxygens (including phenoxy) is 1. The van der Waals surface area contributed by atoms with Crippen molar-refractivity contribution in [2.75, 3.05) is 19.8 Å². The Morgan fingerprint density at radius 2 is 2.60 bits per heavy atom. The molecule has 1 atom stereocenters. The minimum atomic E-state index is -0.286. The molecule has 1 aliphatic heterocycles. The van der Waals surface area contributed by atoms with Crippen molar-refractivity contribution in [1.82, 2.24) is 31.3 Å². The highest BCUT2D eigenvalue weighted by Crippen LogP contribution is 1.93. The van der Waals surface area contributed by atoms with E-state index in [0.29, 0.717) is 25.6 Å². The third kappa shape index (κ3) is 2.70. The SMILES string of the molecule is O=C(NCc1nn[nH]n1)C1COCCN1. The number of aromatic amines is 1. The van der Waals surface area contributed by atoms with Gasteiger partial charge in [-0.3, -0.25) is 4.79 Å². The highest BCUT2D eigenvalue weighted by Gasteiger charge is 2.20. The highest BCUT2D eigenvalue weighted by molar-refractivity contribution is 5.81. The molecule has 1 amide bonds. The van der Waals surface area contributed by atoms with E-state index in [1.54, 1.807) is 0 Å². The maximum atomic E-state index is 11.6. The summed E-state index contributed by atoms with van der Waals surface area (Å²) in [4.78, 5) is 11.6. The van der Waals surface area contributed by atoms with E-state index in [1.807, 2.05) is 0 Å². The molecule has 1 aromatic rings. The van der Waals surface area contributed by atoms with Crippen LogP contribution in [0.15, 0.2) is 0 Å². The van der Waals surface area contributed by atoms with E-state index >= 15 is 0 Å². The molecule has 0 spiro atoms. The molecule has 82 valence electrons. The lowest BCUT2D eigenvalue weighted by molar-refractivity contribution is -0.126. The number of nitrogens with one attached hydrogen (secondary N) is 3. The van der Waals surface area contributed by atoms with Crippen molar-refractivity contribution >= 4 is 5.91 Å². The molecule has 8 heteroatoms. The van der Waals surface area contributed by atoms with Gasteiger partial charge in [-0.15, -0.1) is 10.2 Å². The van der Waals surface area contributed by atoms with E-state index in [-0.39, 0.29) is 18.5 Å². The van der Waals surface area contributed by atoms with Gasteiger partial charge in [0.1, 0.15) is 6.04 Å². The largest absolute Gasteiger partial charge is 0.378 e. The lowest BCUT2D eigenvalue weighted by Crippen LogP contribution is -2.51. The zero-order chi connectivity index (χ0) is 10.5. The predicted molar refractivity (Wildman–Crippen MR) is 48.6 cm³/mol. The highest BCUT2D eigenvalue weighted by atomic mass is 16.5. The molecule has 2 rings (SSSR count). The van der Waals surface area contributed by atoms with Crippen molar-refractivity contribution in [2.45, 2.75) is 12.6 Å². The molecule has 0 aromatic carbocycles. The molecule has 3 N–H and O–H groups in total. The van der Waals surface area contributed by atoms with Crippen molar-refractivity contribution in [1.29, 1.82) is 0 Å². The number of tetrazole rings is 1. The first-order valence-corrected chi connectivity index (χ1v) is 4.67. The molecule has 1 fully saturated rings. The van der Waals surface area contributed by atoms with Crippen LogP contribution in [0.4, 0.5) is 0 Å². The Morgan fingerprint density at radius 1 is 1.67 bits per heavy atom. The van der Waals surface area contributed by atoms with Crippen LogP contribution in [0.5, 0.6) is 0 Å². The monoisotopic (exact) mass is 212 g/mol. The van der Waals surface area contributed by atoms with Gasteiger partial charge >= 0.3 is 0 Å². The van der Waals surface area contributed by atoms with Gasteiger partial charge in [0.2, 0.25) is 5.91 Å². The standard InChI is InChI=1S/C7H12N6O2/c14-7(5-4-15-2-1-8-5)9-3-6-10-12-13-11-6/h5,8H,1-4H2,(H,9,14)(H,10,11,12,13). The summed E-state index contributed by atoms with van der Waals surface area (Å²) in [6, 6.07) is -0.286. The molecule has 0 aliphatic carbocycles. The van der Waals surface area contributed by atoms with Gasteiger partial charge in [-0.25, -0.2) is 0 Å². The first-order valence-electron chi connectivity index (χ1n) is 4.67. The molecule has 1 saturated heterocycles. The second-order valence-electron chi connectivity index (χ2n) is 3.13. The van der Waals surface area contributed by atoms with Crippen LogP contribution in [0.25, 0.3) is 0 Å². The second kappa shape index (κ2) is 4.80. The minimum absolute atomic E-state index is 0.112. The number of hydrogen-bond donors (Lipinski definition) is 3. The van der Waals surface area contributed by atoms with Crippen LogP contribution >= 0.6 is 0 Å². The summed E-state index contributed by atoms with van der Waals surface area (Å²) in [6.07, 6.45) is 0. The molecule has 0 saturated carbocycles. The molecule has 1 unspecified atom stereocenters. The third-order valence-electron chi connectivity index (χ3n) is 2.05. The van der Waals surface area contributed by atoms with Crippen molar-refractivity contribution in [3.8, 4) is 0 Å². The maximum absolute atomic E-state index is 11.6. The minimum Gasteiger partial charge on any atom is -0.378 e. The van der Waals surface area contributed by atoms with Gasteiger partial charge in [-0.05, 0) is 0 Å². The lowest BCUT2D eigenvalue weighted by Gasteiger charge is -2.22. The van der Waals surface area contributed by atoms with Crippen LogP contribution in [-0.2, 0) is 16.1 Å². The van der Waals surface area contributed by atoms with E-state index < -0.39 is 0 Å². The first kappa shape index (κ1) is 9.99. The quantitative estimate of drug-likeness (QED) is 0.525. The molecule has 8 nitrogen and oxygen atoms in total. The van der Waals surface area contributed by atoms with E-state index in [9.17, 15) is 4.79 Å². The number of aromatic nitrogens is 4. The van der Waals surface area contributed by atoms with Gasteiger partial charge in [0.05, 0.1) is 19.8 Å². The number of rotatable bonds is 3. The second-order valence-corrected chi connectivity index (χ2v) is 3.13. The molecule has 0 bridgehead atoms. The molecule has 2 heterocycles. The summed E-state index contributed by atoms with van der Waals surface area (Å²) < 4.78 is 5.17. The number of hydrogen-bond acceptors (Lipinski definition) is 6. The summed E-state index contributed by atoms with van der Waals surface area (Å²) >= 11 is 0. The van der Waals surface area contributed by atoms with Gasteiger partial charge in [-0.2, -0.15) is 5.21 Å². The number of carbonyl (C=O) groups excluding carboxylic acids is 1. The Bertz CT molecular complexity index is 307. The van der Waals surface area contributed by atoms with Crippen molar-refractivity contribution in [2.24, 2.45) is 0 Å². The number of H-pyrrole nitrogens is 1. The Morgan fingerprint density at radius 3 is 3.27 bits per heavy atom. The lowest BCUT2D eigenvalue weighted by atomic mass is 10.2. The smallest absolute Gasteiger partial charge is 0.239 e. The van der Waals surface area contributed by atoms with E-state index in [2.05, 4.69) is 31.3 Å². The number of morpholine rings is 1. The maximum Gasteiger partial charge on any atom is 0.239 e. The fourth-order valence-corrected chi connectivity index (χ4v) is 1.28. The Balaban J connectivity index is 1.76. The van der Waals surface area contributed by atoms with Crippen molar-refractivity contribution < 1.29 is 9.53 Å². The van der Waals surface area contributed by atoms with E-state index in [1.165, 1.54) is 0 Å². The van der Waals surface area contributed by atoms with Gasteiger partial charge in [0.25, 0.3) is 0 Å². The Kier molecular flexibility index (Phi) is 3.20. The van der Waals surface area contributed by atoms with Crippen molar-refractivity contribution in [3.63, 3.8) is 0 Å². The predicted octanol–water partition coefficient (Wildman–Crippen LogP) is -2.20. The number of carbonyl (C=O) groups is 1. The average Bonchev–Trinajstić information content (AvgIpc) is 2.80. The molecular formula is C7H12N6O2. The van der Waals surface area contributed by atoms with E-state index in [0.717, 1.165) is 0 Å². The third-order valence-corrected chi connectivity index (χ3v) is 2.05. The zero-order valence-corrected chi connectivity index (χ0v) is 8.06. The van der Waals surface area contributed by atoms with Crippen molar-refractivity contribution in [3.05, 3.63) is 5.82 Å². The summed E-state index contributed by atoms with van der Waals surface area (Å²) in [5.74, 6) is 0.347. The fourth-order valence-electron chi connectivity index (χ4n) is 1.28. The Labute approximate surface area is 85.8 Å². The normalized spacial score (nSPS) is 21.2. The summed E-state index contributed by atoms with van der Waals surface area (Å²) in [5.41, 5.74) is 0. The average molecular weight is 212 g/mol. The topological polar surface area (TPSA) is 105 Å². The van der Waals surface area contributed by atoms with E-state index in [4.69, 9.17) is 4.74 Å². The molecule has 15 heavy (non-hydrogen) atoms. The van der Waals surface area contributed by atoms with Crippen LogP contribution in [0.1, 0.15) is 5.82 Å². The van der Waals surface area contributed by atoms with Crippen LogP contribution in [0.2, 0.25) is 0 Å². The van der Waals surface area contributed by atoms with Gasteiger partial charge < -0.3 is 15.4 Å². The zero-order valence-electron chi connectivity index (χ0n) is 8.06. The molecule has 1 aromatic heterocycles. The van der Waals surface area contributed by atoms with Crippen LogP contribution < -0.4 is 10.6 Å². The summed E-state index contributed by atoms with van der Waals surface area (Å²) in [7, 11) is 0. The van der Waals surface area contributed by atoms with Gasteiger partial charge in [0, 0.05) is 6.54 Å². The van der Waals surface area contributed by atoms with Crippen LogP contribution in [0, 0.1) is 0 Å². The molecule has 0 radical (unpaired) electrons. The number of nitrogens with zero attached hydrogens (tertiary/aromatic N) is 3. The fraction of sp³-hybridized carbons (Fsp3) is 0.714. The van der Waals surface area contributed by atoms with Gasteiger partial charge in [-0.1, -0.05) is 5.21 Å². The van der Waals surface area contributed by atoms with Crippen LogP contribution in [0.3, 0.4) is 0 Å². The molecule has 1 aliphatic rings. The van der Waals surface area contributed by atoms with Gasteiger partial charge in [0.15, 0.2) is 5.82 Å². The Hall–Kier alpha value is -1.54. The molecular weight excluding hydrogens is 200 g/mol. The van der Waals surface area contributed by atoms with Crippen LogP contribution in [-0.4, -0.2) is 52.3 Å². The summed E-state index contributed by atoms with van der Waals surface area (Å²) in [5, 5.41) is 18.9. The first-order chi connectivity index (χ1) is 7.36. The summed E-state index contributed by atoms with van der Waals surface area (Å²) in [6.45, 7) is 2.01.